The average molecular weight is 210 g/mol. The number of ether oxygens (including phenoxy) is 1. The molecule has 0 heterocycles. The molecule has 0 rings (SSSR count). The summed E-state index contributed by atoms with van der Waals surface area (Å²) >= 11 is 4.08. The van der Waals surface area contributed by atoms with Gasteiger partial charge in [-0.25, -0.2) is 4.79 Å². The molecule has 0 fully saturated rings. The normalized spacial score (nSPS) is 7.85. The average Bonchev–Trinajstić information content (AvgIpc) is 2.03. The molecule has 1 N–H and O–H groups in total. The molecular weight excluding hydrogens is 200 g/mol. The molecule has 0 aromatic rings. The maximum atomic E-state index is 10.2. The second-order valence-electron chi connectivity index (χ2n) is 1.69. The molecule has 5 nitrogen and oxygen atoms in total. The molecule has 0 saturated heterocycles. The Morgan fingerprint density at radius 2 is 2.08 bits per heavy atom. The number of aliphatic hydroxyl groups is 1. The number of rotatable bonds is 4. The van der Waals surface area contributed by atoms with Crippen molar-refractivity contribution < 1.29 is 24.5 Å². The quantitative estimate of drug-likeness (QED) is 0.296. The Morgan fingerprint density at radius 1 is 1.62 bits per heavy atom. The maximum absolute atomic E-state index is 10.2. The highest BCUT2D eigenvalue weighted by molar-refractivity contribution is 6.59. The van der Waals surface area contributed by atoms with Gasteiger partial charge in [0.1, 0.15) is 12.0 Å². The van der Waals surface area contributed by atoms with Gasteiger partial charge in [-0.05, 0) is 6.42 Å². The van der Waals surface area contributed by atoms with E-state index in [4.69, 9.17) is 15.0 Å². The number of esters is 1. The molecule has 0 amide bonds. The molecule has 0 aliphatic rings. The number of halogens is 1. The number of carbonyl (C=O) groups excluding carboxylic acids is 2. The summed E-state index contributed by atoms with van der Waals surface area (Å²) in [7, 11) is 0. The molecule has 0 aromatic heterocycles. The first-order valence-corrected chi connectivity index (χ1v) is 3.66. The molecule has 0 unspecified atom stereocenters. The smallest absolute Gasteiger partial charge is 0.331 e. The van der Waals surface area contributed by atoms with Crippen molar-refractivity contribution >= 4 is 23.0 Å². The van der Waals surface area contributed by atoms with E-state index in [1.807, 2.05) is 0 Å². The minimum absolute atomic E-state index is 0.308. The number of carboxylic acid groups (broad SMARTS) is 1. The SMILES string of the molecule is C=CCCOC(=O)CO.O=C([O-])Cl. The van der Waals surface area contributed by atoms with Crippen LogP contribution in [0, 0.1) is 0 Å². The fraction of sp³-hybridized carbons (Fsp3) is 0.429. The number of hydrogen-bond acceptors (Lipinski definition) is 5. The van der Waals surface area contributed by atoms with Gasteiger partial charge in [0.25, 0.3) is 0 Å². The summed E-state index contributed by atoms with van der Waals surface area (Å²) in [6.45, 7) is 3.19. The molecule has 76 valence electrons. The van der Waals surface area contributed by atoms with Gasteiger partial charge in [0.05, 0.1) is 6.61 Å². The van der Waals surface area contributed by atoms with E-state index in [1.165, 1.54) is 0 Å². The lowest BCUT2D eigenvalue weighted by Crippen LogP contribution is -2.11. The van der Waals surface area contributed by atoms with Crippen molar-refractivity contribution in [1.82, 2.24) is 0 Å². The van der Waals surface area contributed by atoms with E-state index in [-0.39, 0.29) is 0 Å². The first-order chi connectivity index (χ1) is 6.04. The van der Waals surface area contributed by atoms with E-state index >= 15 is 0 Å². The molecule has 0 aliphatic carbocycles. The fourth-order valence-electron chi connectivity index (χ4n) is 0.302. The monoisotopic (exact) mass is 209 g/mol. The van der Waals surface area contributed by atoms with Gasteiger partial charge >= 0.3 is 5.97 Å². The zero-order valence-corrected chi connectivity index (χ0v) is 7.62. The van der Waals surface area contributed by atoms with Crippen molar-refractivity contribution in [2.45, 2.75) is 6.42 Å². The third-order valence-electron chi connectivity index (χ3n) is 0.714. The lowest BCUT2D eigenvalue weighted by atomic mass is 10.5. The van der Waals surface area contributed by atoms with Gasteiger partial charge in [0, 0.05) is 0 Å². The standard InChI is InChI=1S/C6H10O3.CHClO2/c1-2-3-4-9-6(8)5-7;2-1(3)4/h2,7H,1,3-5H2;(H,3,4)/p-1. The molecule has 0 aromatic carbocycles. The predicted molar refractivity (Wildman–Crippen MR) is 44.1 cm³/mol. The van der Waals surface area contributed by atoms with Crippen molar-refractivity contribution in [3.63, 3.8) is 0 Å². The van der Waals surface area contributed by atoms with E-state index < -0.39 is 18.0 Å². The zero-order chi connectivity index (χ0) is 10.7. The highest BCUT2D eigenvalue weighted by Crippen LogP contribution is 1.82. The van der Waals surface area contributed by atoms with Gasteiger partial charge < -0.3 is 19.7 Å². The second kappa shape index (κ2) is 10.9. The van der Waals surface area contributed by atoms with E-state index in [0.29, 0.717) is 13.0 Å². The van der Waals surface area contributed by atoms with E-state index in [2.05, 4.69) is 22.9 Å². The van der Waals surface area contributed by atoms with Crippen LogP contribution in [0.25, 0.3) is 0 Å². The van der Waals surface area contributed by atoms with Crippen LogP contribution in [0.3, 0.4) is 0 Å². The molecular formula is C7H10ClO5-. The number of hydrogen-bond donors (Lipinski definition) is 1. The Labute approximate surface area is 80.6 Å². The maximum Gasteiger partial charge on any atom is 0.331 e. The topological polar surface area (TPSA) is 86.7 Å². The Kier molecular flexibility index (Phi) is 12.2. The zero-order valence-electron chi connectivity index (χ0n) is 6.86. The minimum Gasteiger partial charge on any atom is -0.534 e. The van der Waals surface area contributed by atoms with Gasteiger partial charge in [-0.15, -0.1) is 6.58 Å². The first kappa shape index (κ1) is 14.5. The number of aliphatic hydroxyl groups excluding tert-OH is 1. The predicted octanol–water partition coefficient (Wildman–Crippen LogP) is -0.334. The fourth-order valence-corrected chi connectivity index (χ4v) is 0.302. The largest absolute Gasteiger partial charge is 0.534 e. The highest BCUT2D eigenvalue weighted by Gasteiger charge is 1.95. The lowest BCUT2D eigenvalue weighted by Gasteiger charge is -1.97. The van der Waals surface area contributed by atoms with Gasteiger partial charge in [-0.3, -0.25) is 0 Å². The van der Waals surface area contributed by atoms with Gasteiger partial charge in [-0.1, -0.05) is 17.7 Å². The third-order valence-corrected chi connectivity index (χ3v) is 0.714. The summed E-state index contributed by atoms with van der Waals surface area (Å²) in [6, 6.07) is 0. The van der Waals surface area contributed by atoms with Crippen LogP contribution in [0.5, 0.6) is 0 Å². The van der Waals surface area contributed by atoms with Gasteiger partial charge in [-0.2, -0.15) is 0 Å². The van der Waals surface area contributed by atoms with Crippen LogP contribution < -0.4 is 5.11 Å². The van der Waals surface area contributed by atoms with Gasteiger partial charge in [0.2, 0.25) is 0 Å². The third kappa shape index (κ3) is 24.8. The van der Waals surface area contributed by atoms with E-state index in [9.17, 15) is 4.79 Å². The van der Waals surface area contributed by atoms with Crippen LogP contribution in [-0.4, -0.2) is 29.7 Å². The molecule has 0 aliphatic heterocycles. The molecule has 0 atom stereocenters. The molecule has 6 heteroatoms. The Morgan fingerprint density at radius 3 is 2.38 bits per heavy atom. The van der Waals surface area contributed by atoms with Crippen molar-refractivity contribution in [3.8, 4) is 0 Å². The lowest BCUT2D eigenvalue weighted by molar-refractivity contribution is -0.233. The summed E-state index contributed by atoms with van der Waals surface area (Å²) in [5, 5.41) is 16.8. The van der Waals surface area contributed by atoms with Crippen LogP contribution in [0.2, 0.25) is 0 Å². The summed E-state index contributed by atoms with van der Waals surface area (Å²) in [6.07, 6.45) is 2.27. The number of carbonyl (C=O) groups is 2. The molecule has 0 saturated carbocycles. The van der Waals surface area contributed by atoms with E-state index in [0.717, 1.165) is 0 Å². The Balaban J connectivity index is 0. The molecule has 0 spiro atoms. The van der Waals surface area contributed by atoms with Crippen LogP contribution >= 0.6 is 11.6 Å². The van der Waals surface area contributed by atoms with E-state index in [1.54, 1.807) is 6.08 Å². The molecule has 0 bridgehead atoms. The highest BCUT2D eigenvalue weighted by atomic mass is 35.5. The molecule has 13 heavy (non-hydrogen) atoms. The van der Waals surface area contributed by atoms with Crippen molar-refractivity contribution in [2.75, 3.05) is 13.2 Å². The van der Waals surface area contributed by atoms with Crippen LogP contribution in [-0.2, 0) is 9.53 Å². The molecule has 0 radical (unpaired) electrons. The first-order valence-electron chi connectivity index (χ1n) is 3.28. The second-order valence-corrected chi connectivity index (χ2v) is 2.00. The summed E-state index contributed by atoms with van der Waals surface area (Å²) < 4.78 is 4.47. The summed E-state index contributed by atoms with van der Waals surface area (Å²) in [5.74, 6) is -0.586. The van der Waals surface area contributed by atoms with Crippen molar-refractivity contribution in [1.29, 1.82) is 0 Å². The van der Waals surface area contributed by atoms with Crippen molar-refractivity contribution in [3.05, 3.63) is 12.7 Å². The minimum atomic E-state index is -1.61. The Hall–Kier alpha value is -1.07. The van der Waals surface area contributed by atoms with Crippen LogP contribution in [0.1, 0.15) is 6.42 Å². The van der Waals surface area contributed by atoms with Crippen LogP contribution in [0.15, 0.2) is 12.7 Å². The van der Waals surface area contributed by atoms with Crippen molar-refractivity contribution in [2.24, 2.45) is 0 Å². The summed E-state index contributed by atoms with van der Waals surface area (Å²) in [5.41, 5.74) is -1.61. The van der Waals surface area contributed by atoms with Crippen LogP contribution in [0.4, 0.5) is 4.79 Å². The summed E-state index contributed by atoms with van der Waals surface area (Å²) in [4.78, 5) is 18.8. The van der Waals surface area contributed by atoms with Gasteiger partial charge in [0.15, 0.2) is 0 Å². The Bertz CT molecular complexity index is 164.